The van der Waals surface area contributed by atoms with Crippen LogP contribution in [0.25, 0.3) is 6.08 Å². The van der Waals surface area contributed by atoms with Crippen molar-refractivity contribution in [2.75, 3.05) is 0 Å². The van der Waals surface area contributed by atoms with E-state index in [4.69, 9.17) is 0 Å². The Kier molecular flexibility index (Phi) is 4.06. The molecule has 0 saturated carbocycles. The predicted molar refractivity (Wildman–Crippen MR) is 76.7 cm³/mol. The van der Waals surface area contributed by atoms with Gasteiger partial charge in [0.1, 0.15) is 0 Å². The number of rotatable bonds is 4. The van der Waals surface area contributed by atoms with Gasteiger partial charge in [0.25, 0.3) is 5.70 Å². The number of aryl methyl sites for hydroxylation is 2. The number of thiazole rings is 1. The van der Waals surface area contributed by atoms with Crippen molar-refractivity contribution >= 4 is 17.4 Å². The van der Waals surface area contributed by atoms with Gasteiger partial charge in [0.2, 0.25) is 0 Å². The molecule has 0 radical (unpaired) electrons. The highest BCUT2D eigenvalue weighted by molar-refractivity contribution is 7.12. The zero-order valence-corrected chi connectivity index (χ0v) is 11.6. The lowest BCUT2D eigenvalue weighted by Gasteiger charge is -1.99. The van der Waals surface area contributed by atoms with Gasteiger partial charge >= 0.3 is 0 Å². The van der Waals surface area contributed by atoms with Crippen LogP contribution in [0.5, 0.6) is 0 Å². The fourth-order valence-electron chi connectivity index (χ4n) is 1.81. The van der Waals surface area contributed by atoms with E-state index in [1.165, 1.54) is 11.3 Å². The Morgan fingerprint density at radius 3 is 2.58 bits per heavy atom. The molecule has 4 nitrogen and oxygen atoms in total. The smallest absolute Gasteiger partial charge is 0.252 e. The van der Waals surface area contributed by atoms with Gasteiger partial charge in [-0.05, 0) is 19.4 Å². The Balaban J connectivity index is 2.31. The molecule has 2 rings (SSSR count). The van der Waals surface area contributed by atoms with Crippen molar-refractivity contribution in [3.8, 4) is 0 Å². The summed E-state index contributed by atoms with van der Waals surface area (Å²) in [6.45, 7) is 3.77. The fraction of sp³-hybridized carbons (Fsp3) is 0.214. The van der Waals surface area contributed by atoms with E-state index < -0.39 is 0 Å². The Morgan fingerprint density at radius 2 is 2.05 bits per heavy atom. The molecule has 1 aromatic carbocycles. The molecule has 0 amide bonds. The summed E-state index contributed by atoms with van der Waals surface area (Å²) in [5, 5.41) is 12.1. The molecule has 19 heavy (non-hydrogen) atoms. The summed E-state index contributed by atoms with van der Waals surface area (Å²) in [5.41, 5.74) is 1.97. The van der Waals surface area contributed by atoms with Crippen LogP contribution in [0.4, 0.5) is 0 Å². The summed E-state index contributed by atoms with van der Waals surface area (Å²) in [6, 6.07) is 9.45. The summed E-state index contributed by atoms with van der Waals surface area (Å²) in [4.78, 5) is 16.0. The maximum atomic E-state index is 11.1. The first-order valence-electron chi connectivity index (χ1n) is 5.89. The lowest BCUT2D eigenvalue weighted by molar-refractivity contribution is -0.425. The number of nitrogens with zero attached hydrogens (tertiary/aromatic N) is 2. The van der Waals surface area contributed by atoms with E-state index in [0.29, 0.717) is 6.42 Å². The minimum atomic E-state index is -0.318. The van der Waals surface area contributed by atoms with Crippen molar-refractivity contribution in [2.45, 2.75) is 20.3 Å². The predicted octanol–water partition coefficient (Wildman–Crippen LogP) is 3.62. The fourth-order valence-corrected chi connectivity index (χ4v) is 2.69. The molecule has 2 aromatic rings. The third-order valence-electron chi connectivity index (χ3n) is 2.70. The average Bonchev–Trinajstić information content (AvgIpc) is 2.68. The van der Waals surface area contributed by atoms with E-state index in [-0.39, 0.29) is 10.6 Å². The molecule has 0 spiro atoms. The Hall–Kier alpha value is -2.01. The first-order valence-corrected chi connectivity index (χ1v) is 6.71. The minimum Gasteiger partial charge on any atom is -0.259 e. The lowest BCUT2D eigenvalue weighted by atomic mass is 10.1. The molecule has 0 fully saturated rings. The van der Waals surface area contributed by atoms with Crippen molar-refractivity contribution in [3.63, 3.8) is 0 Å². The SMILES string of the molecule is Cc1nc(C)c(C=C(Cc2ccccc2)[N+](=O)[O-])s1. The number of nitro groups is 1. The van der Waals surface area contributed by atoms with Gasteiger partial charge in [-0.25, -0.2) is 4.98 Å². The van der Waals surface area contributed by atoms with Crippen LogP contribution in [-0.2, 0) is 6.42 Å². The highest BCUT2D eigenvalue weighted by Crippen LogP contribution is 2.22. The quantitative estimate of drug-likeness (QED) is 0.632. The van der Waals surface area contributed by atoms with Crippen LogP contribution >= 0.6 is 11.3 Å². The van der Waals surface area contributed by atoms with Crippen LogP contribution in [0.15, 0.2) is 36.0 Å². The van der Waals surface area contributed by atoms with E-state index in [2.05, 4.69) is 4.98 Å². The molecular weight excluding hydrogens is 260 g/mol. The monoisotopic (exact) mass is 274 g/mol. The van der Waals surface area contributed by atoms with E-state index in [1.807, 2.05) is 44.2 Å². The third kappa shape index (κ3) is 3.48. The van der Waals surface area contributed by atoms with Crippen LogP contribution in [0, 0.1) is 24.0 Å². The Morgan fingerprint density at radius 1 is 1.37 bits per heavy atom. The van der Waals surface area contributed by atoms with Crippen LogP contribution < -0.4 is 0 Å². The highest BCUT2D eigenvalue weighted by atomic mass is 32.1. The Bertz CT molecular complexity index is 618. The summed E-state index contributed by atoms with van der Waals surface area (Å²) >= 11 is 1.48. The molecule has 0 aliphatic heterocycles. The summed E-state index contributed by atoms with van der Waals surface area (Å²) < 4.78 is 0. The number of hydrogen-bond donors (Lipinski definition) is 0. The number of hydrogen-bond acceptors (Lipinski definition) is 4. The van der Waals surface area contributed by atoms with Crippen LogP contribution in [0.3, 0.4) is 0 Å². The van der Waals surface area contributed by atoms with Gasteiger partial charge in [-0.15, -0.1) is 11.3 Å². The first kappa shape index (κ1) is 13.4. The van der Waals surface area contributed by atoms with Gasteiger partial charge in [0.15, 0.2) is 0 Å². The zero-order valence-electron chi connectivity index (χ0n) is 10.8. The van der Waals surface area contributed by atoms with Crippen molar-refractivity contribution < 1.29 is 4.92 Å². The maximum Gasteiger partial charge on any atom is 0.252 e. The highest BCUT2D eigenvalue weighted by Gasteiger charge is 2.14. The third-order valence-corrected chi connectivity index (χ3v) is 3.72. The normalized spacial score (nSPS) is 11.6. The molecule has 0 saturated heterocycles. The van der Waals surface area contributed by atoms with Crippen molar-refractivity contribution in [3.05, 3.63) is 67.3 Å². The van der Waals surface area contributed by atoms with Gasteiger partial charge in [-0.3, -0.25) is 10.1 Å². The van der Waals surface area contributed by atoms with E-state index in [9.17, 15) is 10.1 Å². The van der Waals surface area contributed by atoms with Gasteiger partial charge in [0.05, 0.1) is 26.9 Å². The molecule has 0 unspecified atom stereocenters. The molecule has 1 aromatic heterocycles. The molecule has 0 atom stereocenters. The lowest BCUT2D eigenvalue weighted by Crippen LogP contribution is -2.02. The average molecular weight is 274 g/mol. The molecule has 0 aliphatic carbocycles. The molecule has 1 heterocycles. The Labute approximate surface area is 115 Å². The summed E-state index contributed by atoms with van der Waals surface area (Å²) in [5.74, 6) is 0. The van der Waals surface area contributed by atoms with E-state index >= 15 is 0 Å². The number of benzene rings is 1. The van der Waals surface area contributed by atoms with Crippen molar-refractivity contribution in [1.29, 1.82) is 0 Å². The van der Waals surface area contributed by atoms with Gasteiger partial charge in [0, 0.05) is 6.08 Å². The zero-order chi connectivity index (χ0) is 13.8. The largest absolute Gasteiger partial charge is 0.259 e. The van der Waals surface area contributed by atoms with Crippen molar-refractivity contribution in [1.82, 2.24) is 4.98 Å². The summed E-state index contributed by atoms with van der Waals surface area (Å²) in [6.07, 6.45) is 1.96. The van der Waals surface area contributed by atoms with Gasteiger partial charge < -0.3 is 0 Å². The number of aromatic nitrogens is 1. The summed E-state index contributed by atoms with van der Waals surface area (Å²) in [7, 11) is 0. The molecule has 5 heteroatoms. The van der Waals surface area contributed by atoms with Crippen molar-refractivity contribution in [2.24, 2.45) is 0 Å². The molecular formula is C14H14N2O2S. The molecule has 0 aliphatic rings. The molecule has 0 N–H and O–H groups in total. The minimum absolute atomic E-state index is 0.193. The second-order valence-electron chi connectivity index (χ2n) is 4.24. The number of allylic oxidation sites excluding steroid dienone is 1. The maximum absolute atomic E-state index is 11.1. The standard InChI is InChI=1S/C14H14N2O2S/c1-10-14(19-11(2)15-10)9-13(16(17)18)8-12-6-4-3-5-7-12/h3-7,9H,8H2,1-2H3. The van der Waals surface area contributed by atoms with Crippen LogP contribution in [0.1, 0.15) is 21.1 Å². The van der Waals surface area contributed by atoms with E-state index in [1.54, 1.807) is 6.08 Å². The second kappa shape index (κ2) is 5.75. The first-order chi connectivity index (χ1) is 9.06. The van der Waals surface area contributed by atoms with E-state index in [0.717, 1.165) is 21.1 Å². The van der Waals surface area contributed by atoms with Gasteiger partial charge in [-0.2, -0.15) is 0 Å². The topological polar surface area (TPSA) is 56.0 Å². The van der Waals surface area contributed by atoms with Crippen LogP contribution in [-0.4, -0.2) is 9.91 Å². The molecule has 98 valence electrons. The molecule has 0 bridgehead atoms. The second-order valence-corrected chi connectivity index (χ2v) is 5.47. The van der Waals surface area contributed by atoms with Gasteiger partial charge in [-0.1, -0.05) is 30.3 Å². The van der Waals surface area contributed by atoms with Crippen LogP contribution in [0.2, 0.25) is 0 Å².